The fourth-order valence-electron chi connectivity index (χ4n) is 4.86. The van der Waals surface area contributed by atoms with Gasteiger partial charge in [-0.2, -0.15) is 26.3 Å². The molecule has 0 aliphatic heterocycles. The zero-order chi connectivity index (χ0) is 32.6. The number of halogens is 6. The van der Waals surface area contributed by atoms with Crippen molar-refractivity contribution in [2.24, 2.45) is 0 Å². The number of rotatable bonds is 4. The van der Waals surface area contributed by atoms with Crippen molar-refractivity contribution in [3.63, 3.8) is 0 Å². The molecule has 1 fully saturated rings. The van der Waals surface area contributed by atoms with Gasteiger partial charge in [0.05, 0.1) is 11.1 Å². The van der Waals surface area contributed by atoms with Crippen LogP contribution in [0.15, 0.2) is 131 Å². The van der Waals surface area contributed by atoms with Gasteiger partial charge in [-0.1, -0.05) is 142 Å². The Hall–Kier alpha value is -4.94. The first-order valence-corrected chi connectivity index (χ1v) is 14.2. The molecule has 6 heteroatoms. The molecule has 0 nitrogen and oxygen atoms in total. The van der Waals surface area contributed by atoms with Gasteiger partial charge in [0.2, 0.25) is 0 Å². The Labute approximate surface area is 258 Å². The average molecular weight is 611 g/mol. The fourth-order valence-corrected chi connectivity index (χ4v) is 4.86. The molecule has 226 valence electrons. The highest BCUT2D eigenvalue weighted by atomic mass is 19.3. The molecule has 0 heterocycles. The maximum absolute atomic E-state index is 15.3. The maximum atomic E-state index is 15.3. The van der Waals surface area contributed by atoms with Gasteiger partial charge in [0, 0.05) is 11.1 Å². The molecule has 1 aliphatic rings. The van der Waals surface area contributed by atoms with Crippen LogP contribution in [0.2, 0.25) is 0 Å². The van der Waals surface area contributed by atoms with Crippen LogP contribution >= 0.6 is 0 Å². The number of alkyl halides is 6. The molecule has 0 saturated heterocycles. The highest BCUT2D eigenvalue weighted by Gasteiger charge is 2.82. The number of aryl methyl sites for hydroxylation is 4. The Bertz CT molecular complexity index is 1710. The summed E-state index contributed by atoms with van der Waals surface area (Å²) < 4.78 is 90.8. The number of hydrogen-bond acceptors (Lipinski definition) is 0. The molecule has 0 amide bonds. The van der Waals surface area contributed by atoms with E-state index in [0.29, 0.717) is 22.3 Å². The third kappa shape index (κ3) is 5.94. The average Bonchev–Trinajstić information content (AvgIpc) is 3.10. The quantitative estimate of drug-likeness (QED) is 0.159. The summed E-state index contributed by atoms with van der Waals surface area (Å²) in [7, 11) is 0. The first-order chi connectivity index (χ1) is 21.2. The molecule has 0 spiro atoms. The molecular weight excluding hydrogens is 582 g/mol. The molecule has 0 unspecified atom stereocenters. The Morgan fingerprint density at radius 2 is 0.622 bits per heavy atom. The van der Waals surface area contributed by atoms with Crippen LogP contribution in [0, 0.1) is 27.7 Å². The molecule has 0 aromatic heterocycles. The van der Waals surface area contributed by atoms with E-state index in [-0.39, 0.29) is 11.1 Å². The van der Waals surface area contributed by atoms with Crippen molar-refractivity contribution in [3.8, 4) is 0 Å². The number of allylic oxidation sites excluding steroid dienone is 2. The van der Waals surface area contributed by atoms with Crippen LogP contribution in [-0.4, -0.2) is 17.8 Å². The minimum Gasteiger partial charge on any atom is -0.193 e. The van der Waals surface area contributed by atoms with Gasteiger partial charge in [-0.15, -0.1) is 0 Å². The van der Waals surface area contributed by atoms with Gasteiger partial charge in [-0.25, -0.2) is 0 Å². The van der Waals surface area contributed by atoms with E-state index in [1.54, 1.807) is 97.1 Å². The lowest BCUT2D eigenvalue weighted by Crippen LogP contribution is -2.46. The monoisotopic (exact) mass is 610 g/mol. The summed E-state index contributed by atoms with van der Waals surface area (Å²) in [5.74, 6) is -16.3. The van der Waals surface area contributed by atoms with Gasteiger partial charge in [0.15, 0.2) is 0 Å². The molecule has 0 N–H and O–H groups in total. The van der Waals surface area contributed by atoms with Crippen molar-refractivity contribution < 1.29 is 26.3 Å². The Balaban J connectivity index is 1.90. The minimum atomic E-state index is -5.74. The normalized spacial score (nSPS) is 15.9. The molecule has 0 atom stereocenters. The lowest BCUT2D eigenvalue weighted by Gasteiger charge is -2.21. The molecule has 4 aromatic rings. The summed E-state index contributed by atoms with van der Waals surface area (Å²) in [5.41, 5.74) is 12.0. The fraction of sp³-hybridized carbons (Fsp3) is 0.179. The van der Waals surface area contributed by atoms with Crippen molar-refractivity contribution in [3.05, 3.63) is 176 Å². The van der Waals surface area contributed by atoms with Crippen LogP contribution in [0.5, 0.6) is 0 Å². The third-order valence-corrected chi connectivity index (χ3v) is 7.65. The van der Waals surface area contributed by atoms with Crippen molar-refractivity contribution >= 4 is 11.1 Å². The Kier molecular flexibility index (Phi) is 8.30. The highest BCUT2D eigenvalue weighted by molar-refractivity contribution is 5.80. The lowest BCUT2D eigenvalue weighted by atomic mass is 9.96. The van der Waals surface area contributed by atoms with Gasteiger partial charge in [-0.3, -0.25) is 0 Å². The summed E-state index contributed by atoms with van der Waals surface area (Å²) in [4.78, 5) is 0. The van der Waals surface area contributed by atoms with Crippen molar-refractivity contribution in [1.82, 2.24) is 0 Å². The molecular formula is C39H28F6. The first-order valence-electron chi connectivity index (χ1n) is 14.2. The van der Waals surface area contributed by atoms with E-state index >= 15 is 17.6 Å². The van der Waals surface area contributed by atoms with Crippen LogP contribution in [0.1, 0.15) is 44.5 Å². The van der Waals surface area contributed by atoms with Gasteiger partial charge in [0.25, 0.3) is 0 Å². The molecule has 45 heavy (non-hydrogen) atoms. The van der Waals surface area contributed by atoms with Crippen molar-refractivity contribution in [2.45, 2.75) is 45.5 Å². The summed E-state index contributed by atoms with van der Waals surface area (Å²) in [6.45, 7) is 7.44. The first kappa shape index (κ1) is 31.5. The number of benzene rings is 4. The van der Waals surface area contributed by atoms with Crippen LogP contribution in [0.25, 0.3) is 11.1 Å². The molecule has 4 aromatic carbocycles. The molecule has 5 rings (SSSR count). The number of hydrogen-bond donors (Lipinski definition) is 0. The predicted octanol–water partition coefficient (Wildman–Crippen LogP) is 10.8. The van der Waals surface area contributed by atoms with E-state index in [1.165, 1.54) is 0 Å². The van der Waals surface area contributed by atoms with E-state index in [9.17, 15) is 8.78 Å². The second-order valence-corrected chi connectivity index (χ2v) is 11.2. The van der Waals surface area contributed by atoms with Crippen LogP contribution in [0.4, 0.5) is 26.3 Å². The topological polar surface area (TPSA) is 0 Å². The van der Waals surface area contributed by atoms with Crippen LogP contribution < -0.4 is 0 Å². The largest absolute Gasteiger partial charge is 0.382 e. The van der Waals surface area contributed by atoms with Crippen LogP contribution in [0.3, 0.4) is 0 Å². The minimum absolute atomic E-state index is 0.218. The van der Waals surface area contributed by atoms with Gasteiger partial charge >= 0.3 is 17.8 Å². The van der Waals surface area contributed by atoms with Crippen molar-refractivity contribution in [1.29, 1.82) is 0 Å². The third-order valence-electron chi connectivity index (χ3n) is 7.65. The molecule has 1 aliphatic carbocycles. The van der Waals surface area contributed by atoms with Crippen molar-refractivity contribution in [2.75, 3.05) is 0 Å². The Morgan fingerprint density at radius 3 is 0.844 bits per heavy atom. The maximum Gasteiger partial charge on any atom is 0.382 e. The smallest absolute Gasteiger partial charge is 0.193 e. The van der Waals surface area contributed by atoms with Gasteiger partial charge < -0.3 is 0 Å². The summed E-state index contributed by atoms with van der Waals surface area (Å²) in [6, 6.07) is 27.9. The Morgan fingerprint density at radius 1 is 0.400 bits per heavy atom. The standard InChI is InChI=1S/C39H28F6/c1-25-5-13-29(14-6-25)33(30-15-7-26(2)8-16-30)21-23-35-36(38(42,43)39(44,45)37(35,40)41)24-22-34(31-17-9-27(3)10-18-31)32-19-11-28(4)12-20-32/h5-20H,1-4H3. The van der Waals surface area contributed by atoms with Gasteiger partial charge in [0.1, 0.15) is 0 Å². The summed E-state index contributed by atoms with van der Waals surface area (Å²) in [6.07, 6.45) is 0. The zero-order valence-electron chi connectivity index (χ0n) is 25.0. The van der Waals surface area contributed by atoms with E-state index in [4.69, 9.17) is 0 Å². The zero-order valence-corrected chi connectivity index (χ0v) is 25.0. The van der Waals surface area contributed by atoms with E-state index in [0.717, 1.165) is 22.3 Å². The second-order valence-electron chi connectivity index (χ2n) is 11.2. The molecule has 1 saturated carbocycles. The predicted molar refractivity (Wildman–Crippen MR) is 166 cm³/mol. The van der Waals surface area contributed by atoms with E-state index in [1.807, 2.05) is 39.2 Å². The van der Waals surface area contributed by atoms with E-state index in [2.05, 4.69) is 11.5 Å². The lowest BCUT2D eigenvalue weighted by molar-refractivity contribution is -0.257. The summed E-state index contributed by atoms with van der Waals surface area (Å²) in [5, 5.41) is 0. The molecule has 0 radical (unpaired) electrons. The SMILES string of the molecule is Cc1ccc(C(=C=C=C2C(=C=C=C(c3ccc(C)cc3)c3ccc(C)cc3)C(F)(F)C(F)(F)C2(F)F)c2ccc(C)cc2)cc1. The second kappa shape index (κ2) is 11.9. The van der Waals surface area contributed by atoms with Crippen LogP contribution in [-0.2, 0) is 0 Å². The van der Waals surface area contributed by atoms with E-state index < -0.39 is 28.9 Å². The highest BCUT2D eigenvalue weighted by Crippen LogP contribution is 2.61. The van der Waals surface area contributed by atoms with Gasteiger partial charge in [-0.05, 0) is 49.9 Å². The molecule has 0 bridgehead atoms. The summed E-state index contributed by atoms with van der Waals surface area (Å²) >= 11 is 0.